The second kappa shape index (κ2) is 8.36. The zero-order chi connectivity index (χ0) is 21.1. The molecule has 9 nitrogen and oxygen atoms in total. The van der Waals surface area contributed by atoms with Gasteiger partial charge in [-0.1, -0.05) is 23.7 Å². The zero-order valence-electron chi connectivity index (χ0n) is 14.9. The van der Waals surface area contributed by atoms with E-state index in [-0.39, 0.29) is 17.0 Å². The molecule has 0 saturated heterocycles. The molecule has 0 aliphatic rings. The molecule has 28 heavy (non-hydrogen) atoms. The van der Waals surface area contributed by atoms with Crippen molar-refractivity contribution in [3.05, 3.63) is 63.2 Å². The summed E-state index contributed by atoms with van der Waals surface area (Å²) >= 11 is 5.95. The van der Waals surface area contributed by atoms with Crippen LogP contribution in [-0.4, -0.2) is 49.9 Å². The van der Waals surface area contributed by atoms with Crippen molar-refractivity contribution in [1.82, 2.24) is 4.90 Å². The van der Waals surface area contributed by atoms with E-state index in [2.05, 4.69) is 5.32 Å². The maximum Gasteiger partial charge on any atom is 0.271 e. The van der Waals surface area contributed by atoms with E-state index in [1.807, 2.05) is 0 Å². The normalized spacial score (nSPS) is 11.0. The Morgan fingerprint density at radius 1 is 1.21 bits per heavy atom. The largest absolute Gasteiger partial charge is 0.332 e. The molecule has 0 unspecified atom stereocenters. The Bertz CT molecular complexity index is 1050. The van der Waals surface area contributed by atoms with Crippen molar-refractivity contribution in [3.63, 3.8) is 0 Å². The summed E-state index contributed by atoms with van der Waals surface area (Å²) in [4.78, 5) is 35.6. The molecule has 2 aromatic carbocycles. The number of carbonyl (C=O) groups excluding carboxylic acids is 2. The van der Waals surface area contributed by atoms with Gasteiger partial charge in [0.25, 0.3) is 11.6 Å². The van der Waals surface area contributed by atoms with Gasteiger partial charge in [0, 0.05) is 31.0 Å². The molecule has 0 aliphatic carbocycles. The molecule has 0 aliphatic heterocycles. The molecule has 0 heterocycles. The van der Waals surface area contributed by atoms with Crippen LogP contribution in [0.2, 0.25) is 5.02 Å². The number of anilines is 1. The SMILES string of the molecule is CN(CC(=O)Nc1ccccc1Cl)C(=O)c1cc([N+](=O)[O-])cc(S(C)(=O)=O)c1. The van der Waals surface area contributed by atoms with Gasteiger partial charge in [0.15, 0.2) is 9.84 Å². The number of likely N-dealkylation sites (N-methyl/N-ethyl adjacent to an activating group) is 1. The Kier molecular flexibility index (Phi) is 6.37. The van der Waals surface area contributed by atoms with Gasteiger partial charge in [0.2, 0.25) is 5.91 Å². The molecule has 148 valence electrons. The van der Waals surface area contributed by atoms with Gasteiger partial charge in [-0.25, -0.2) is 8.42 Å². The van der Waals surface area contributed by atoms with Crippen LogP contribution in [0.3, 0.4) is 0 Å². The molecule has 0 bridgehead atoms. The van der Waals surface area contributed by atoms with Gasteiger partial charge in [-0.15, -0.1) is 0 Å². The molecule has 0 aromatic heterocycles. The number of carbonyl (C=O) groups is 2. The van der Waals surface area contributed by atoms with Crippen LogP contribution in [0.5, 0.6) is 0 Å². The minimum absolute atomic E-state index is 0.220. The van der Waals surface area contributed by atoms with Gasteiger partial charge in [-0.05, 0) is 18.2 Å². The number of para-hydroxylation sites is 1. The third-order valence-corrected chi connectivity index (χ3v) is 5.07. The van der Waals surface area contributed by atoms with Crippen LogP contribution < -0.4 is 5.32 Å². The molecule has 11 heteroatoms. The van der Waals surface area contributed by atoms with Crippen molar-refractivity contribution in [2.45, 2.75) is 4.90 Å². The molecule has 0 spiro atoms. The van der Waals surface area contributed by atoms with Crippen LogP contribution in [0.15, 0.2) is 47.4 Å². The van der Waals surface area contributed by atoms with Crippen molar-refractivity contribution in [3.8, 4) is 0 Å². The first-order chi connectivity index (χ1) is 13.0. The molecule has 0 atom stereocenters. The molecule has 1 N–H and O–H groups in total. The Morgan fingerprint density at radius 2 is 1.86 bits per heavy atom. The molecular formula is C17H16ClN3O6S. The monoisotopic (exact) mass is 425 g/mol. The number of sulfone groups is 1. The Morgan fingerprint density at radius 3 is 2.43 bits per heavy atom. The summed E-state index contributed by atoms with van der Waals surface area (Å²) in [5, 5.41) is 13.9. The topological polar surface area (TPSA) is 127 Å². The summed E-state index contributed by atoms with van der Waals surface area (Å²) in [6.45, 7) is -0.374. The predicted molar refractivity (Wildman–Crippen MR) is 103 cm³/mol. The minimum Gasteiger partial charge on any atom is -0.332 e. The molecule has 2 rings (SSSR count). The first kappa shape index (κ1) is 21.3. The highest BCUT2D eigenvalue weighted by Crippen LogP contribution is 2.22. The second-order valence-corrected chi connectivity index (χ2v) is 8.36. The fourth-order valence-corrected chi connectivity index (χ4v) is 3.15. The summed E-state index contributed by atoms with van der Waals surface area (Å²) in [6.07, 6.45) is 0.876. The van der Waals surface area contributed by atoms with Crippen LogP contribution in [-0.2, 0) is 14.6 Å². The highest BCUT2D eigenvalue weighted by molar-refractivity contribution is 7.90. The van der Waals surface area contributed by atoms with Crippen LogP contribution in [0, 0.1) is 10.1 Å². The Labute approximate surface area is 166 Å². The van der Waals surface area contributed by atoms with E-state index < -0.39 is 32.3 Å². The quantitative estimate of drug-likeness (QED) is 0.559. The van der Waals surface area contributed by atoms with Crippen LogP contribution in [0.25, 0.3) is 0 Å². The number of hydrogen-bond donors (Lipinski definition) is 1. The fourth-order valence-electron chi connectivity index (χ4n) is 2.29. The predicted octanol–water partition coefficient (Wildman–Crippen LogP) is 2.36. The van der Waals surface area contributed by atoms with Crippen molar-refractivity contribution in [2.24, 2.45) is 0 Å². The van der Waals surface area contributed by atoms with E-state index in [1.54, 1.807) is 24.3 Å². The lowest BCUT2D eigenvalue weighted by molar-refractivity contribution is -0.385. The number of amides is 2. The number of halogens is 1. The van der Waals surface area contributed by atoms with Gasteiger partial charge >= 0.3 is 0 Å². The number of rotatable bonds is 6. The van der Waals surface area contributed by atoms with Gasteiger partial charge in [-0.3, -0.25) is 19.7 Å². The first-order valence-electron chi connectivity index (χ1n) is 7.78. The summed E-state index contributed by atoms with van der Waals surface area (Å²) in [5.74, 6) is -1.29. The van der Waals surface area contributed by atoms with Crippen LogP contribution in [0.1, 0.15) is 10.4 Å². The zero-order valence-corrected chi connectivity index (χ0v) is 16.5. The molecule has 2 aromatic rings. The lowest BCUT2D eigenvalue weighted by Crippen LogP contribution is -2.35. The standard InChI is InChI=1S/C17H16ClN3O6S/c1-20(10-16(22)19-15-6-4-3-5-14(15)18)17(23)11-7-12(21(24)25)9-13(8-11)28(2,26)27/h3-9H,10H2,1-2H3,(H,19,22). The molecular weight excluding hydrogens is 410 g/mol. The number of hydrogen-bond acceptors (Lipinski definition) is 6. The maximum absolute atomic E-state index is 12.6. The highest BCUT2D eigenvalue weighted by atomic mass is 35.5. The smallest absolute Gasteiger partial charge is 0.271 e. The fraction of sp³-hybridized carbons (Fsp3) is 0.176. The van der Waals surface area contributed by atoms with Crippen molar-refractivity contribution >= 4 is 44.6 Å². The van der Waals surface area contributed by atoms with E-state index in [9.17, 15) is 28.1 Å². The average Bonchev–Trinajstić information content (AvgIpc) is 2.61. The number of nitrogens with one attached hydrogen (secondary N) is 1. The van der Waals surface area contributed by atoms with Crippen LogP contribution >= 0.6 is 11.6 Å². The third kappa shape index (κ3) is 5.27. The van der Waals surface area contributed by atoms with Crippen LogP contribution in [0.4, 0.5) is 11.4 Å². The van der Waals surface area contributed by atoms with Gasteiger partial charge < -0.3 is 10.2 Å². The molecule has 0 fully saturated rings. The van der Waals surface area contributed by atoms with E-state index in [0.717, 1.165) is 29.4 Å². The minimum atomic E-state index is -3.78. The lowest BCUT2D eigenvalue weighted by Gasteiger charge is -2.17. The van der Waals surface area contributed by atoms with Gasteiger partial charge in [0.05, 0.1) is 27.1 Å². The van der Waals surface area contributed by atoms with Crippen molar-refractivity contribution < 1.29 is 22.9 Å². The van der Waals surface area contributed by atoms with E-state index >= 15 is 0 Å². The van der Waals surface area contributed by atoms with Gasteiger partial charge in [0.1, 0.15) is 0 Å². The summed E-state index contributed by atoms with van der Waals surface area (Å²) in [7, 11) is -2.47. The van der Waals surface area contributed by atoms with Gasteiger partial charge in [-0.2, -0.15) is 0 Å². The van der Waals surface area contributed by atoms with Crippen molar-refractivity contribution in [2.75, 3.05) is 25.2 Å². The maximum atomic E-state index is 12.6. The van der Waals surface area contributed by atoms with Crippen molar-refractivity contribution in [1.29, 1.82) is 0 Å². The van der Waals surface area contributed by atoms with E-state index in [0.29, 0.717) is 10.7 Å². The molecule has 0 saturated carbocycles. The van der Waals surface area contributed by atoms with E-state index in [1.165, 1.54) is 7.05 Å². The summed E-state index contributed by atoms with van der Waals surface area (Å²) < 4.78 is 23.5. The number of benzene rings is 2. The summed E-state index contributed by atoms with van der Waals surface area (Å²) in [6, 6.07) is 9.40. The Balaban J connectivity index is 2.22. The average molecular weight is 426 g/mol. The second-order valence-electron chi connectivity index (χ2n) is 5.93. The first-order valence-corrected chi connectivity index (χ1v) is 10.1. The number of nitrogens with zero attached hydrogens (tertiary/aromatic N) is 2. The third-order valence-electron chi connectivity index (χ3n) is 3.65. The Hall–Kier alpha value is -2.98. The summed E-state index contributed by atoms with van der Waals surface area (Å²) in [5.41, 5.74) is -0.396. The highest BCUT2D eigenvalue weighted by Gasteiger charge is 2.22. The number of nitro benzene ring substituents is 1. The lowest BCUT2D eigenvalue weighted by atomic mass is 10.1. The molecule has 0 radical (unpaired) electrons. The number of nitro groups is 1. The number of non-ortho nitro benzene ring substituents is 1. The van der Waals surface area contributed by atoms with E-state index in [4.69, 9.17) is 11.6 Å². The molecule has 2 amide bonds.